The molecule has 1 aliphatic heterocycles. The van der Waals surface area contributed by atoms with E-state index in [-0.39, 0.29) is 24.8 Å². The summed E-state index contributed by atoms with van der Waals surface area (Å²) in [5.74, 6) is 6.56. The van der Waals surface area contributed by atoms with Crippen LogP contribution in [-0.4, -0.2) is 42.3 Å². The van der Waals surface area contributed by atoms with Crippen molar-refractivity contribution >= 4 is 42.4 Å². The molecule has 3 aromatic rings. The van der Waals surface area contributed by atoms with E-state index in [1.165, 1.54) is 10.4 Å². The van der Waals surface area contributed by atoms with Crippen LogP contribution in [0.5, 0.6) is 0 Å². The van der Waals surface area contributed by atoms with Crippen molar-refractivity contribution in [3.63, 3.8) is 0 Å². The quantitative estimate of drug-likeness (QED) is 0.342. The van der Waals surface area contributed by atoms with E-state index in [4.69, 9.17) is 0 Å². The molecule has 0 bridgehead atoms. The van der Waals surface area contributed by atoms with Crippen LogP contribution in [0.4, 0.5) is 0 Å². The maximum absolute atomic E-state index is 11.0. The molecule has 0 saturated carbocycles. The fraction of sp³-hybridized carbons (Fsp3) is 0.269. The van der Waals surface area contributed by atoms with E-state index in [1.54, 1.807) is 11.3 Å². The van der Waals surface area contributed by atoms with Crippen molar-refractivity contribution in [1.82, 2.24) is 9.80 Å². The largest absolute Gasteiger partial charge is 0.303 e. The maximum atomic E-state index is 11.0. The van der Waals surface area contributed by atoms with Crippen LogP contribution < -0.4 is 0 Å². The van der Waals surface area contributed by atoms with Crippen molar-refractivity contribution in [2.24, 2.45) is 0 Å². The first-order valence-electron chi connectivity index (χ1n) is 10.4. The lowest BCUT2D eigenvalue weighted by molar-refractivity contribution is -0.108. The zero-order valence-electron chi connectivity index (χ0n) is 17.9. The van der Waals surface area contributed by atoms with Gasteiger partial charge in [-0.1, -0.05) is 60.4 Å². The molecule has 0 spiro atoms. The van der Waals surface area contributed by atoms with Gasteiger partial charge in [0.05, 0.1) is 10.9 Å². The third-order valence-electron chi connectivity index (χ3n) is 5.42. The predicted molar refractivity (Wildman–Crippen MR) is 138 cm³/mol. The molecule has 2 aromatic carbocycles. The summed E-state index contributed by atoms with van der Waals surface area (Å²) in [5.41, 5.74) is 2.38. The highest BCUT2D eigenvalue weighted by molar-refractivity contribution is 7.12. The van der Waals surface area contributed by atoms with Gasteiger partial charge in [-0.25, -0.2) is 0 Å². The Bertz CT molecular complexity index is 1010. The average Bonchev–Trinajstić information content (AvgIpc) is 3.27. The normalized spacial score (nSPS) is 16.2. The SMILES string of the molecule is Cl.Cl.O=CCCN1CCN(Cc2ccccc2)CC1c1ccc(C#Cc2ccccc2)s1. The third-order valence-corrected chi connectivity index (χ3v) is 6.52. The number of benzene rings is 2. The molecule has 4 rings (SSSR count). The van der Waals surface area contributed by atoms with Crippen molar-refractivity contribution in [2.75, 3.05) is 26.2 Å². The van der Waals surface area contributed by atoms with Crippen LogP contribution in [0.1, 0.15) is 33.3 Å². The summed E-state index contributed by atoms with van der Waals surface area (Å²) in [6, 6.07) is 25.4. The fourth-order valence-electron chi connectivity index (χ4n) is 3.87. The minimum absolute atomic E-state index is 0. The molecule has 1 fully saturated rings. The van der Waals surface area contributed by atoms with Crippen molar-refractivity contribution < 1.29 is 4.79 Å². The second-order valence-corrected chi connectivity index (χ2v) is 8.66. The first-order valence-corrected chi connectivity index (χ1v) is 11.2. The molecule has 2 heterocycles. The summed E-state index contributed by atoms with van der Waals surface area (Å²) in [6.07, 6.45) is 1.61. The van der Waals surface area contributed by atoms with Crippen LogP contribution in [0.15, 0.2) is 72.8 Å². The molecule has 1 atom stereocenters. The number of thiophene rings is 1. The Morgan fingerprint density at radius 1 is 0.906 bits per heavy atom. The van der Waals surface area contributed by atoms with Crippen molar-refractivity contribution in [1.29, 1.82) is 0 Å². The van der Waals surface area contributed by atoms with Gasteiger partial charge >= 0.3 is 0 Å². The van der Waals surface area contributed by atoms with Crippen LogP contribution in [-0.2, 0) is 11.3 Å². The molecule has 0 radical (unpaired) electrons. The standard InChI is InChI=1S/C26H26N2OS.2ClH/c29-19-7-16-28-18-17-27(20-23-10-5-2-6-11-23)21-25(28)26-15-14-24(30-26)13-12-22-8-3-1-4-9-22;;/h1-6,8-11,14-15,19,25H,7,16-18,20-21H2;2*1H. The Hall–Kier alpha value is -2.13. The topological polar surface area (TPSA) is 23.6 Å². The van der Waals surface area contributed by atoms with Crippen molar-refractivity contribution in [2.45, 2.75) is 19.0 Å². The minimum Gasteiger partial charge on any atom is -0.303 e. The molecular weight excluding hydrogens is 459 g/mol. The zero-order chi connectivity index (χ0) is 20.6. The number of carbonyl (C=O) groups is 1. The molecule has 32 heavy (non-hydrogen) atoms. The second kappa shape index (κ2) is 13.4. The number of halogens is 2. The van der Waals surface area contributed by atoms with E-state index in [0.717, 1.165) is 49.5 Å². The molecule has 0 aliphatic carbocycles. The van der Waals surface area contributed by atoms with E-state index in [0.29, 0.717) is 12.5 Å². The van der Waals surface area contributed by atoms with Gasteiger partial charge in [0, 0.05) is 49.6 Å². The Morgan fingerprint density at radius 3 is 2.34 bits per heavy atom. The number of hydrogen-bond acceptors (Lipinski definition) is 4. The van der Waals surface area contributed by atoms with Crippen LogP contribution >= 0.6 is 36.2 Å². The lowest BCUT2D eigenvalue weighted by atomic mass is 10.1. The summed E-state index contributed by atoms with van der Waals surface area (Å²) < 4.78 is 0. The van der Waals surface area contributed by atoms with Gasteiger partial charge in [-0.05, 0) is 29.8 Å². The summed E-state index contributed by atoms with van der Waals surface area (Å²) >= 11 is 1.77. The number of rotatable bonds is 6. The van der Waals surface area contributed by atoms with Crippen LogP contribution in [0.25, 0.3) is 0 Å². The third kappa shape index (κ3) is 7.20. The summed E-state index contributed by atoms with van der Waals surface area (Å²) in [6.45, 7) is 4.76. The van der Waals surface area contributed by atoms with Gasteiger partial charge in [0.25, 0.3) is 0 Å². The van der Waals surface area contributed by atoms with Crippen LogP contribution in [0.3, 0.4) is 0 Å². The molecule has 0 amide bonds. The highest BCUT2D eigenvalue weighted by Gasteiger charge is 2.29. The smallest absolute Gasteiger partial charge is 0.121 e. The zero-order valence-corrected chi connectivity index (χ0v) is 20.3. The van der Waals surface area contributed by atoms with E-state index >= 15 is 0 Å². The van der Waals surface area contributed by atoms with Gasteiger partial charge in [-0.3, -0.25) is 9.80 Å². The average molecular weight is 487 g/mol. The molecule has 168 valence electrons. The van der Waals surface area contributed by atoms with Gasteiger partial charge in [-0.2, -0.15) is 0 Å². The molecule has 3 nitrogen and oxygen atoms in total. The minimum atomic E-state index is 0. The van der Waals surface area contributed by atoms with E-state index in [9.17, 15) is 4.79 Å². The van der Waals surface area contributed by atoms with E-state index in [1.807, 2.05) is 30.3 Å². The molecule has 0 N–H and O–H groups in total. The Labute approximate surface area is 207 Å². The first-order chi connectivity index (χ1) is 14.8. The first kappa shape index (κ1) is 26.1. The van der Waals surface area contributed by atoms with Gasteiger partial charge in [-0.15, -0.1) is 36.2 Å². The molecular formula is C26H28Cl2N2OS. The fourth-order valence-corrected chi connectivity index (χ4v) is 4.86. The number of aldehydes is 1. The monoisotopic (exact) mass is 486 g/mol. The number of piperazine rings is 1. The second-order valence-electron chi connectivity index (χ2n) is 7.55. The highest BCUT2D eigenvalue weighted by Crippen LogP contribution is 2.31. The number of carbonyl (C=O) groups excluding carboxylic acids is 1. The molecule has 1 unspecified atom stereocenters. The number of nitrogens with zero attached hydrogens (tertiary/aromatic N) is 2. The van der Waals surface area contributed by atoms with Gasteiger partial charge in [0.2, 0.25) is 0 Å². The number of hydrogen-bond donors (Lipinski definition) is 0. The Morgan fingerprint density at radius 2 is 1.62 bits per heavy atom. The summed E-state index contributed by atoms with van der Waals surface area (Å²) in [5, 5.41) is 0. The van der Waals surface area contributed by atoms with Gasteiger partial charge in [0.15, 0.2) is 0 Å². The molecule has 1 aliphatic rings. The van der Waals surface area contributed by atoms with Gasteiger partial charge < -0.3 is 4.79 Å². The van der Waals surface area contributed by atoms with Crippen LogP contribution in [0, 0.1) is 11.8 Å². The Kier molecular flexibility index (Phi) is 11.0. The lowest BCUT2D eigenvalue weighted by Crippen LogP contribution is -2.48. The summed E-state index contributed by atoms with van der Waals surface area (Å²) in [7, 11) is 0. The summed E-state index contributed by atoms with van der Waals surface area (Å²) in [4.78, 5) is 18.4. The van der Waals surface area contributed by atoms with E-state index in [2.05, 4.69) is 64.1 Å². The van der Waals surface area contributed by atoms with E-state index < -0.39 is 0 Å². The molecule has 1 saturated heterocycles. The van der Waals surface area contributed by atoms with Gasteiger partial charge in [0.1, 0.15) is 6.29 Å². The predicted octanol–water partition coefficient (Wildman–Crippen LogP) is 5.44. The van der Waals surface area contributed by atoms with Crippen molar-refractivity contribution in [3.05, 3.63) is 93.7 Å². The highest BCUT2D eigenvalue weighted by atomic mass is 35.5. The maximum Gasteiger partial charge on any atom is 0.121 e. The lowest BCUT2D eigenvalue weighted by Gasteiger charge is -2.41. The van der Waals surface area contributed by atoms with Crippen LogP contribution in [0.2, 0.25) is 0 Å². The Balaban J connectivity index is 0.00000181. The van der Waals surface area contributed by atoms with Crippen molar-refractivity contribution in [3.8, 4) is 11.8 Å². The molecule has 1 aromatic heterocycles. The molecule has 6 heteroatoms.